The van der Waals surface area contributed by atoms with Gasteiger partial charge in [0, 0.05) is 16.7 Å². The Morgan fingerprint density at radius 1 is 0.707 bits per heavy atom. The van der Waals surface area contributed by atoms with Crippen LogP contribution in [-0.4, -0.2) is 46.1 Å². The van der Waals surface area contributed by atoms with Gasteiger partial charge in [-0.1, -0.05) is 57.8 Å². The maximum atomic E-state index is 13.9. The van der Waals surface area contributed by atoms with Gasteiger partial charge in [-0.05, 0) is 80.4 Å². The molecule has 4 aromatic carbocycles. The van der Waals surface area contributed by atoms with Crippen LogP contribution < -0.4 is 9.47 Å². The van der Waals surface area contributed by atoms with Crippen molar-refractivity contribution in [2.24, 2.45) is 0 Å². The van der Waals surface area contributed by atoms with Gasteiger partial charge in [0.25, 0.3) is 20.0 Å². The van der Waals surface area contributed by atoms with Crippen molar-refractivity contribution in [3.05, 3.63) is 115 Å². The zero-order valence-electron chi connectivity index (χ0n) is 22.9. The molecular formula is C31H33NO6S3. The highest BCUT2D eigenvalue weighted by Gasteiger charge is 2.38. The lowest BCUT2D eigenvalue weighted by atomic mass is 10.2. The summed E-state index contributed by atoms with van der Waals surface area (Å²) in [5, 5.41) is -0.380. The van der Waals surface area contributed by atoms with E-state index in [9.17, 15) is 16.8 Å². The van der Waals surface area contributed by atoms with Crippen molar-refractivity contribution in [2.75, 3.05) is 20.3 Å². The fourth-order valence-corrected chi connectivity index (χ4v) is 9.23. The van der Waals surface area contributed by atoms with E-state index in [4.69, 9.17) is 9.47 Å². The van der Waals surface area contributed by atoms with Crippen molar-refractivity contribution in [3.63, 3.8) is 0 Å². The Bertz CT molecular complexity index is 1520. The number of benzene rings is 4. The first-order chi connectivity index (χ1) is 19.7. The largest absolute Gasteiger partial charge is 0.497 e. The van der Waals surface area contributed by atoms with Crippen LogP contribution in [0.5, 0.6) is 11.5 Å². The Labute approximate surface area is 247 Å². The molecular weight excluding hydrogens is 579 g/mol. The van der Waals surface area contributed by atoms with Crippen LogP contribution in [0.1, 0.15) is 18.4 Å². The number of methoxy groups -OCH3 is 1. The third-order valence-corrected chi connectivity index (χ3v) is 11.8. The summed E-state index contributed by atoms with van der Waals surface area (Å²) >= 11 is 1.46. The summed E-state index contributed by atoms with van der Waals surface area (Å²) in [7, 11) is -7.19. The summed E-state index contributed by atoms with van der Waals surface area (Å²) in [5.41, 5.74) is 1.10. The molecule has 0 N–H and O–H groups in total. The van der Waals surface area contributed by atoms with E-state index >= 15 is 0 Å². The molecule has 0 fully saturated rings. The SMILES string of the molecule is COc1ccc(OCCCC(CN(S(=O)(=O)c2ccccc2)S(=O)(=O)c2ccccc2)Sc2ccc(C)cc2)cc1. The number of ether oxygens (including phenoxy) is 2. The van der Waals surface area contributed by atoms with E-state index in [2.05, 4.69) is 0 Å². The second kappa shape index (κ2) is 14.0. The molecule has 0 aliphatic heterocycles. The quantitative estimate of drug-likeness (QED) is 0.120. The summed E-state index contributed by atoms with van der Waals surface area (Å²) in [6.07, 6.45) is 1.10. The molecule has 0 radical (unpaired) electrons. The van der Waals surface area contributed by atoms with Gasteiger partial charge in [0.1, 0.15) is 11.5 Å². The second-order valence-corrected chi connectivity index (χ2v) is 14.6. The lowest BCUT2D eigenvalue weighted by Gasteiger charge is -2.27. The first kappa shape index (κ1) is 30.6. The molecule has 0 amide bonds. The van der Waals surface area contributed by atoms with Crippen LogP contribution in [0.4, 0.5) is 0 Å². The van der Waals surface area contributed by atoms with Crippen molar-refractivity contribution < 1.29 is 26.3 Å². The molecule has 7 nitrogen and oxygen atoms in total. The number of hydrogen-bond acceptors (Lipinski definition) is 7. The van der Waals surface area contributed by atoms with E-state index < -0.39 is 20.0 Å². The molecule has 0 saturated heterocycles. The van der Waals surface area contributed by atoms with E-state index in [0.29, 0.717) is 28.9 Å². The van der Waals surface area contributed by atoms with E-state index in [0.717, 1.165) is 16.2 Å². The monoisotopic (exact) mass is 611 g/mol. The lowest BCUT2D eigenvalue weighted by molar-refractivity contribution is 0.304. The van der Waals surface area contributed by atoms with Gasteiger partial charge in [0.15, 0.2) is 0 Å². The Hall–Kier alpha value is -3.31. The summed E-state index contributed by atoms with van der Waals surface area (Å²) < 4.78 is 67.1. The highest BCUT2D eigenvalue weighted by atomic mass is 32.3. The fourth-order valence-electron chi connectivity index (χ4n) is 4.08. The fraction of sp³-hybridized carbons (Fsp3) is 0.226. The maximum Gasteiger partial charge on any atom is 0.256 e. The van der Waals surface area contributed by atoms with Gasteiger partial charge in [-0.25, -0.2) is 16.8 Å². The number of thioether (sulfide) groups is 1. The van der Waals surface area contributed by atoms with Crippen LogP contribution in [0.2, 0.25) is 0 Å². The molecule has 0 aliphatic carbocycles. The molecule has 0 aromatic heterocycles. The van der Waals surface area contributed by atoms with E-state index in [1.165, 1.54) is 36.0 Å². The topological polar surface area (TPSA) is 90.0 Å². The van der Waals surface area contributed by atoms with Crippen molar-refractivity contribution >= 4 is 31.8 Å². The molecule has 0 spiro atoms. The smallest absolute Gasteiger partial charge is 0.256 e. The molecule has 1 atom stereocenters. The molecule has 0 saturated carbocycles. The van der Waals surface area contributed by atoms with Crippen LogP contribution in [-0.2, 0) is 20.0 Å². The average molecular weight is 612 g/mol. The maximum absolute atomic E-state index is 13.9. The van der Waals surface area contributed by atoms with Crippen molar-refractivity contribution in [1.82, 2.24) is 3.71 Å². The van der Waals surface area contributed by atoms with Crippen molar-refractivity contribution in [2.45, 2.75) is 39.7 Å². The van der Waals surface area contributed by atoms with E-state index in [1.54, 1.807) is 43.5 Å². The summed E-state index contributed by atoms with van der Waals surface area (Å²) in [5.74, 6) is 1.42. The number of sulfonamides is 2. The molecule has 0 heterocycles. The lowest BCUT2D eigenvalue weighted by Crippen LogP contribution is -2.41. The Morgan fingerprint density at radius 2 is 1.22 bits per heavy atom. The minimum Gasteiger partial charge on any atom is -0.497 e. The standard InChI is InChI=1S/C31H33NO6S3/c1-25-15-21-28(22-16-25)39-29(10-9-23-38-27-19-17-26(37-2)18-20-27)24-32(40(33,34)30-11-5-3-6-12-30)41(35,36)31-13-7-4-8-14-31/h3-8,11-22,29H,9-10,23-24H2,1-2H3. The minimum absolute atomic E-state index is 0.0820. The van der Waals surface area contributed by atoms with E-state index in [1.807, 2.05) is 55.5 Å². The van der Waals surface area contributed by atoms with Crippen molar-refractivity contribution in [1.29, 1.82) is 0 Å². The first-order valence-electron chi connectivity index (χ1n) is 13.1. The second-order valence-electron chi connectivity index (χ2n) is 9.31. The Morgan fingerprint density at radius 3 is 1.73 bits per heavy atom. The molecule has 1 unspecified atom stereocenters. The number of nitrogens with zero attached hydrogens (tertiary/aromatic N) is 1. The van der Waals surface area contributed by atoms with Gasteiger partial charge in [-0.3, -0.25) is 0 Å². The van der Waals surface area contributed by atoms with Crippen LogP contribution in [0.15, 0.2) is 124 Å². The van der Waals surface area contributed by atoms with Gasteiger partial charge in [-0.15, -0.1) is 11.8 Å². The van der Waals surface area contributed by atoms with Crippen LogP contribution >= 0.6 is 11.8 Å². The average Bonchev–Trinajstić information content (AvgIpc) is 3.00. The Kier molecular flexibility index (Phi) is 10.5. The number of aryl methyl sites for hydroxylation is 1. The van der Waals surface area contributed by atoms with Gasteiger partial charge in [-0.2, -0.15) is 0 Å². The Balaban J connectivity index is 1.61. The molecule has 41 heavy (non-hydrogen) atoms. The third kappa shape index (κ3) is 8.13. The number of hydrogen-bond donors (Lipinski definition) is 0. The van der Waals surface area contributed by atoms with Crippen molar-refractivity contribution in [3.8, 4) is 11.5 Å². The summed E-state index contributed by atoms with van der Waals surface area (Å²) in [6.45, 7) is 2.13. The van der Waals surface area contributed by atoms with Crippen LogP contribution in [0.3, 0.4) is 0 Å². The highest BCUT2D eigenvalue weighted by Crippen LogP contribution is 2.32. The zero-order valence-corrected chi connectivity index (χ0v) is 25.4. The predicted molar refractivity (Wildman–Crippen MR) is 163 cm³/mol. The molecule has 216 valence electrons. The normalized spacial score (nSPS) is 12.7. The van der Waals surface area contributed by atoms with Gasteiger partial charge in [0.2, 0.25) is 0 Å². The first-order valence-corrected chi connectivity index (χ1v) is 16.8. The molecule has 4 aromatic rings. The molecule has 4 rings (SSSR count). The highest BCUT2D eigenvalue weighted by molar-refractivity contribution is 8.04. The van der Waals surface area contributed by atoms with Crippen LogP contribution in [0.25, 0.3) is 0 Å². The van der Waals surface area contributed by atoms with Gasteiger partial charge < -0.3 is 9.47 Å². The number of rotatable bonds is 14. The zero-order chi connectivity index (χ0) is 29.3. The summed E-state index contributed by atoms with van der Waals surface area (Å²) in [4.78, 5) is 0.758. The van der Waals surface area contributed by atoms with Gasteiger partial charge in [0.05, 0.1) is 23.5 Å². The molecule has 10 heteroatoms. The van der Waals surface area contributed by atoms with Gasteiger partial charge >= 0.3 is 0 Å². The van der Waals surface area contributed by atoms with E-state index in [-0.39, 0.29) is 21.6 Å². The molecule has 0 aliphatic rings. The predicted octanol–water partition coefficient (Wildman–Crippen LogP) is 6.40. The minimum atomic E-state index is -4.39. The summed E-state index contributed by atoms with van der Waals surface area (Å²) in [6, 6.07) is 30.5. The third-order valence-electron chi connectivity index (χ3n) is 6.29. The van der Waals surface area contributed by atoms with Crippen LogP contribution in [0, 0.1) is 6.92 Å². The molecule has 0 bridgehead atoms.